The van der Waals surface area contributed by atoms with Crippen molar-refractivity contribution in [1.82, 2.24) is 10.2 Å². The SMILES string of the molecule is CCOC(=O)N1CCC(NC(=O)Nc2ccccc2N)CC1. The normalized spacial score (nSPS) is 15.2. The summed E-state index contributed by atoms with van der Waals surface area (Å²) in [5.74, 6) is 0. The van der Waals surface area contributed by atoms with Crippen LogP contribution >= 0.6 is 0 Å². The first-order chi connectivity index (χ1) is 10.6. The average molecular weight is 306 g/mol. The Labute approximate surface area is 129 Å². The van der Waals surface area contributed by atoms with Crippen LogP contribution in [0.2, 0.25) is 0 Å². The maximum absolute atomic E-state index is 12.0. The molecule has 1 saturated heterocycles. The Bertz CT molecular complexity index is 527. The van der Waals surface area contributed by atoms with E-state index in [2.05, 4.69) is 10.6 Å². The average Bonchev–Trinajstić information content (AvgIpc) is 2.50. The van der Waals surface area contributed by atoms with E-state index in [-0.39, 0.29) is 18.2 Å². The number of amides is 3. The first kappa shape index (κ1) is 15.9. The van der Waals surface area contributed by atoms with Gasteiger partial charge in [0.15, 0.2) is 0 Å². The largest absolute Gasteiger partial charge is 0.450 e. The highest BCUT2D eigenvalue weighted by atomic mass is 16.6. The van der Waals surface area contributed by atoms with Crippen LogP contribution in [-0.4, -0.2) is 42.8 Å². The standard InChI is InChI=1S/C15H22N4O3/c1-2-22-15(21)19-9-7-11(8-10-19)17-14(20)18-13-6-4-3-5-12(13)16/h3-6,11H,2,7-10,16H2,1H3,(H2,17,18,20). The number of carbonyl (C=O) groups excluding carboxylic acids is 2. The third-order valence-electron chi connectivity index (χ3n) is 3.57. The molecule has 1 fully saturated rings. The topological polar surface area (TPSA) is 96.7 Å². The number of urea groups is 1. The first-order valence-corrected chi connectivity index (χ1v) is 7.44. The molecule has 0 atom stereocenters. The van der Waals surface area contributed by atoms with Gasteiger partial charge < -0.3 is 26.0 Å². The number of nitrogens with two attached hydrogens (primary N) is 1. The number of hydrogen-bond acceptors (Lipinski definition) is 4. The van der Waals surface area contributed by atoms with Gasteiger partial charge in [-0.25, -0.2) is 9.59 Å². The number of hydrogen-bond donors (Lipinski definition) is 3. The second kappa shape index (κ2) is 7.53. The summed E-state index contributed by atoms with van der Waals surface area (Å²) < 4.78 is 4.96. The van der Waals surface area contributed by atoms with Crippen LogP contribution in [0.3, 0.4) is 0 Å². The predicted octanol–water partition coefficient (Wildman–Crippen LogP) is 2.01. The van der Waals surface area contributed by atoms with Crippen LogP contribution in [0.4, 0.5) is 21.0 Å². The fraction of sp³-hybridized carbons (Fsp3) is 0.467. The minimum atomic E-state index is -0.289. The fourth-order valence-corrected chi connectivity index (χ4v) is 2.38. The number of nitrogens with one attached hydrogen (secondary N) is 2. The van der Waals surface area contributed by atoms with E-state index < -0.39 is 0 Å². The maximum Gasteiger partial charge on any atom is 0.409 e. The highest BCUT2D eigenvalue weighted by Gasteiger charge is 2.24. The second-order valence-corrected chi connectivity index (χ2v) is 5.15. The Morgan fingerprint density at radius 2 is 2.00 bits per heavy atom. The molecule has 0 aliphatic carbocycles. The number of para-hydroxylation sites is 2. The lowest BCUT2D eigenvalue weighted by Gasteiger charge is -2.31. The van der Waals surface area contributed by atoms with Gasteiger partial charge in [0.1, 0.15) is 0 Å². The number of piperidine rings is 1. The van der Waals surface area contributed by atoms with Crippen LogP contribution in [0.25, 0.3) is 0 Å². The van der Waals surface area contributed by atoms with Crippen LogP contribution in [0, 0.1) is 0 Å². The van der Waals surface area contributed by atoms with Crippen molar-refractivity contribution in [3.8, 4) is 0 Å². The molecule has 0 unspecified atom stereocenters. The van der Waals surface area contributed by atoms with Crippen molar-refractivity contribution < 1.29 is 14.3 Å². The molecule has 1 aliphatic heterocycles. The van der Waals surface area contributed by atoms with Crippen LogP contribution < -0.4 is 16.4 Å². The summed E-state index contributed by atoms with van der Waals surface area (Å²) in [7, 11) is 0. The Morgan fingerprint density at radius 1 is 1.32 bits per heavy atom. The Hall–Kier alpha value is -2.44. The first-order valence-electron chi connectivity index (χ1n) is 7.44. The highest BCUT2D eigenvalue weighted by Crippen LogP contribution is 2.17. The molecular weight excluding hydrogens is 284 g/mol. The molecule has 2 rings (SSSR count). The van der Waals surface area contributed by atoms with Crippen molar-refractivity contribution in [3.63, 3.8) is 0 Å². The molecular formula is C15H22N4O3. The van der Waals surface area contributed by atoms with Crippen LogP contribution in [-0.2, 0) is 4.74 Å². The van der Waals surface area contributed by atoms with Crippen molar-refractivity contribution in [3.05, 3.63) is 24.3 Å². The van der Waals surface area contributed by atoms with Gasteiger partial charge in [-0.05, 0) is 31.9 Å². The van der Waals surface area contributed by atoms with E-state index in [1.54, 1.807) is 24.0 Å². The summed E-state index contributed by atoms with van der Waals surface area (Å²) in [6.45, 7) is 3.32. The van der Waals surface area contributed by atoms with E-state index in [9.17, 15) is 9.59 Å². The van der Waals surface area contributed by atoms with Crippen LogP contribution in [0.1, 0.15) is 19.8 Å². The van der Waals surface area contributed by atoms with E-state index in [0.29, 0.717) is 43.9 Å². The van der Waals surface area contributed by atoms with Crippen LogP contribution in [0.15, 0.2) is 24.3 Å². The summed E-state index contributed by atoms with van der Waals surface area (Å²) >= 11 is 0. The minimum Gasteiger partial charge on any atom is -0.450 e. The Kier molecular flexibility index (Phi) is 5.46. The molecule has 0 bridgehead atoms. The molecule has 0 aromatic heterocycles. The van der Waals surface area contributed by atoms with Gasteiger partial charge in [0.05, 0.1) is 18.0 Å². The van der Waals surface area contributed by atoms with Gasteiger partial charge in [-0.1, -0.05) is 12.1 Å². The molecule has 1 aromatic rings. The van der Waals surface area contributed by atoms with Gasteiger partial charge in [0, 0.05) is 19.1 Å². The van der Waals surface area contributed by atoms with Gasteiger partial charge >= 0.3 is 12.1 Å². The lowest BCUT2D eigenvalue weighted by atomic mass is 10.1. The number of carbonyl (C=O) groups is 2. The van der Waals surface area contributed by atoms with Gasteiger partial charge in [-0.15, -0.1) is 0 Å². The molecule has 0 radical (unpaired) electrons. The number of nitrogen functional groups attached to an aromatic ring is 1. The summed E-state index contributed by atoms with van der Waals surface area (Å²) in [6.07, 6.45) is 1.12. The molecule has 120 valence electrons. The molecule has 1 aliphatic rings. The molecule has 22 heavy (non-hydrogen) atoms. The number of rotatable bonds is 3. The van der Waals surface area contributed by atoms with Gasteiger partial charge in [0.2, 0.25) is 0 Å². The lowest BCUT2D eigenvalue weighted by Crippen LogP contribution is -2.47. The molecule has 0 saturated carbocycles. The minimum absolute atomic E-state index is 0.0376. The van der Waals surface area contributed by atoms with Gasteiger partial charge in [-0.2, -0.15) is 0 Å². The van der Waals surface area contributed by atoms with E-state index in [0.717, 1.165) is 0 Å². The summed E-state index contributed by atoms with van der Waals surface area (Å²) in [5, 5.41) is 5.63. The van der Waals surface area contributed by atoms with Gasteiger partial charge in [0.25, 0.3) is 0 Å². The van der Waals surface area contributed by atoms with Crippen molar-refractivity contribution >= 4 is 23.5 Å². The van der Waals surface area contributed by atoms with E-state index in [4.69, 9.17) is 10.5 Å². The smallest absolute Gasteiger partial charge is 0.409 e. The van der Waals surface area contributed by atoms with E-state index >= 15 is 0 Å². The van der Waals surface area contributed by atoms with Crippen molar-refractivity contribution in [2.45, 2.75) is 25.8 Å². The number of benzene rings is 1. The predicted molar refractivity (Wildman–Crippen MR) is 84.6 cm³/mol. The van der Waals surface area contributed by atoms with Gasteiger partial charge in [-0.3, -0.25) is 0 Å². The zero-order valence-electron chi connectivity index (χ0n) is 12.7. The molecule has 1 aromatic carbocycles. The highest BCUT2D eigenvalue weighted by molar-refractivity contribution is 5.92. The van der Waals surface area contributed by atoms with E-state index in [1.807, 2.05) is 12.1 Å². The zero-order valence-corrected chi connectivity index (χ0v) is 12.7. The monoisotopic (exact) mass is 306 g/mol. The number of likely N-dealkylation sites (tertiary alicyclic amines) is 1. The van der Waals surface area contributed by atoms with E-state index in [1.165, 1.54) is 0 Å². The number of anilines is 2. The third kappa shape index (κ3) is 4.28. The molecule has 1 heterocycles. The Morgan fingerprint density at radius 3 is 2.64 bits per heavy atom. The molecule has 4 N–H and O–H groups in total. The summed E-state index contributed by atoms with van der Waals surface area (Å²) in [5.41, 5.74) is 6.89. The quantitative estimate of drug-likeness (QED) is 0.744. The summed E-state index contributed by atoms with van der Waals surface area (Å²) in [6, 6.07) is 6.85. The van der Waals surface area contributed by atoms with Crippen molar-refractivity contribution in [2.24, 2.45) is 0 Å². The molecule has 7 nitrogen and oxygen atoms in total. The summed E-state index contributed by atoms with van der Waals surface area (Å²) in [4.78, 5) is 25.2. The number of ether oxygens (including phenoxy) is 1. The fourth-order valence-electron chi connectivity index (χ4n) is 2.38. The zero-order chi connectivity index (χ0) is 15.9. The third-order valence-corrected chi connectivity index (χ3v) is 3.57. The van der Waals surface area contributed by atoms with Crippen LogP contribution in [0.5, 0.6) is 0 Å². The molecule has 0 spiro atoms. The lowest BCUT2D eigenvalue weighted by molar-refractivity contribution is 0.0959. The van der Waals surface area contributed by atoms with Crippen molar-refractivity contribution in [1.29, 1.82) is 0 Å². The Balaban J connectivity index is 1.77. The molecule has 7 heteroatoms. The maximum atomic E-state index is 12.0. The number of nitrogens with zero attached hydrogens (tertiary/aromatic N) is 1. The molecule has 3 amide bonds. The van der Waals surface area contributed by atoms with Crippen molar-refractivity contribution in [2.75, 3.05) is 30.7 Å². The second-order valence-electron chi connectivity index (χ2n) is 5.15.